The lowest BCUT2D eigenvalue weighted by molar-refractivity contribution is 0.466. The summed E-state index contributed by atoms with van der Waals surface area (Å²) in [4.78, 5) is 0. The Hall–Kier alpha value is -2.64. The molecule has 4 aromatic rings. The van der Waals surface area contributed by atoms with Gasteiger partial charge < -0.3 is 4.42 Å². The topological polar surface area (TPSA) is 69.6 Å². The molecule has 0 bridgehead atoms. The van der Waals surface area contributed by atoms with Crippen LogP contribution in [0.5, 0.6) is 0 Å². The Bertz CT molecular complexity index is 1090. The summed E-state index contributed by atoms with van der Waals surface area (Å²) in [5.41, 5.74) is 1.94. The van der Waals surface area contributed by atoms with E-state index < -0.39 is 0 Å². The summed E-state index contributed by atoms with van der Waals surface area (Å²) in [5.74, 6) is 3.13. The molecule has 0 radical (unpaired) electrons. The summed E-state index contributed by atoms with van der Waals surface area (Å²) < 4.78 is 7.80. The van der Waals surface area contributed by atoms with Gasteiger partial charge in [0.25, 0.3) is 0 Å². The van der Waals surface area contributed by atoms with Gasteiger partial charge in [-0.25, -0.2) is 0 Å². The monoisotopic (exact) mass is 409 g/mol. The Morgan fingerprint density at radius 1 is 0.964 bits per heavy atom. The number of aromatic nitrogens is 5. The molecule has 8 heteroatoms. The Morgan fingerprint density at radius 2 is 1.75 bits per heavy atom. The smallest absolute Gasteiger partial charge is 0.226 e. The Balaban J connectivity index is 1.47. The van der Waals surface area contributed by atoms with Crippen LogP contribution >= 0.6 is 23.4 Å². The fourth-order valence-corrected chi connectivity index (χ4v) is 3.82. The molecular weight excluding hydrogens is 394 g/mol. The van der Waals surface area contributed by atoms with E-state index in [1.54, 1.807) is 0 Å². The predicted molar refractivity (Wildman–Crippen MR) is 108 cm³/mol. The van der Waals surface area contributed by atoms with Gasteiger partial charge >= 0.3 is 0 Å². The van der Waals surface area contributed by atoms with Crippen LogP contribution in [-0.2, 0) is 5.75 Å². The Labute approximate surface area is 171 Å². The maximum absolute atomic E-state index is 6.04. The summed E-state index contributed by atoms with van der Waals surface area (Å²) in [6, 6.07) is 17.6. The second-order valence-electron chi connectivity index (χ2n) is 6.58. The first kappa shape index (κ1) is 17.5. The zero-order valence-corrected chi connectivity index (χ0v) is 16.4. The lowest BCUT2D eigenvalue weighted by atomic mass is 10.2. The number of benzene rings is 2. The Morgan fingerprint density at radius 3 is 2.50 bits per heavy atom. The van der Waals surface area contributed by atoms with Gasteiger partial charge in [0.15, 0.2) is 11.0 Å². The van der Waals surface area contributed by atoms with Crippen molar-refractivity contribution in [1.82, 2.24) is 25.0 Å². The molecule has 0 aliphatic heterocycles. The zero-order chi connectivity index (χ0) is 18.9. The third kappa shape index (κ3) is 3.55. The van der Waals surface area contributed by atoms with E-state index in [1.807, 2.05) is 59.2 Å². The third-order valence-corrected chi connectivity index (χ3v) is 5.65. The summed E-state index contributed by atoms with van der Waals surface area (Å²) in [7, 11) is 0. The molecule has 1 aliphatic carbocycles. The van der Waals surface area contributed by atoms with Crippen LogP contribution < -0.4 is 0 Å². The van der Waals surface area contributed by atoms with Crippen molar-refractivity contribution in [2.45, 2.75) is 29.7 Å². The normalized spacial score (nSPS) is 13.8. The molecule has 0 spiro atoms. The van der Waals surface area contributed by atoms with Crippen molar-refractivity contribution in [2.24, 2.45) is 0 Å². The highest BCUT2D eigenvalue weighted by molar-refractivity contribution is 7.98. The Kier molecular flexibility index (Phi) is 4.62. The summed E-state index contributed by atoms with van der Waals surface area (Å²) >= 11 is 7.56. The van der Waals surface area contributed by atoms with E-state index in [4.69, 9.17) is 16.0 Å². The van der Waals surface area contributed by atoms with Crippen LogP contribution in [0.25, 0.3) is 17.1 Å². The van der Waals surface area contributed by atoms with Gasteiger partial charge in [-0.1, -0.05) is 41.6 Å². The van der Waals surface area contributed by atoms with E-state index in [0.29, 0.717) is 22.6 Å². The number of para-hydroxylation sites is 1. The van der Waals surface area contributed by atoms with Crippen molar-refractivity contribution in [3.8, 4) is 17.1 Å². The fraction of sp³-hybridized carbons (Fsp3) is 0.200. The lowest BCUT2D eigenvalue weighted by Gasteiger charge is -2.10. The average Bonchev–Trinajstić information content (AvgIpc) is 3.32. The molecule has 1 aliphatic rings. The second-order valence-corrected chi connectivity index (χ2v) is 7.96. The zero-order valence-electron chi connectivity index (χ0n) is 14.8. The molecule has 0 saturated heterocycles. The first-order valence-electron chi connectivity index (χ1n) is 9.00. The summed E-state index contributed by atoms with van der Waals surface area (Å²) in [6.45, 7) is 0. The minimum absolute atomic E-state index is 0.454. The maximum Gasteiger partial charge on any atom is 0.226 e. The van der Waals surface area contributed by atoms with Crippen molar-refractivity contribution < 1.29 is 4.42 Å². The van der Waals surface area contributed by atoms with Crippen molar-refractivity contribution in [2.75, 3.05) is 0 Å². The highest BCUT2D eigenvalue weighted by Crippen LogP contribution is 2.39. The largest absolute Gasteiger partial charge is 0.424 e. The van der Waals surface area contributed by atoms with Gasteiger partial charge in [-0.15, -0.1) is 20.4 Å². The molecule has 0 atom stereocenters. The molecular formula is C20H16ClN5OS. The van der Waals surface area contributed by atoms with Crippen LogP contribution in [0.2, 0.25) is 5.02 Å². The van der Waals surface area contributed by atoms with Gasteiger partial charge in [-0.05, 0) is 49.2 Å². The molecule has 2 aromatic heterocycles. The molecule has 6 nitrogen and oxygen atoms in total. The van der Waals surface area contributed by atoms with E-state index in [-0.39, 0.29) is 0 Å². The molecule has 5 rings (SSSR count). The number of rotatable bonds is 6. The van der Waals surface area contributed by atoms with E-state index in [2.05, 4.69) is 20.4 Å². The van der Waals surface area contributed by atoms with Crippen LogP contribution in [-0.4, -0.2) is 25.0 Å². The minimum Gasteiger partial charge on any atom is -0.424 e. The van der Waals surface area contributed by atoms with Crippen LogP contribution in [0.1, 0.15) is 30.5 Å². The third-order valence-electron chi connectivity index (χ3n) is 4.48. The van der Waals surface area contributed by atoms with Gasteiger partial charge in [-0.2, -0.15) is 0 Å². The predicted octanol–water partition coefficient (Wildman–Crippen LogP) is 5.14. The van der Waals surface area contributed by atoms with Crippen molar-refractivity contribution in [1.29, 1.82) is 0 Å². The van der Waals surface area contributed by atoms with E-state index in [1.165, 1.54) is 11.8 Å². The van der Waals surface area contributed by atoms with Crippen LogP contribution in [0.3, 0.4) is 0 Å². The van der Waals surface area contributed by atoms with E-state index in [9.17, 15) is 0 Å². The van der Waals surface area contributed by atoms with Gasteiger partial charge in [0, 0.05) is 22.2 Å². The number of nitrogens with zero attached hydrogens (tertiary/aromatic N) is 5. The molecule has 1 fully saturated rings. The highest BCUT2D eigenvalue weighted by Gasteiger charge is 2.29. The molecule has 140 valence electrons. The summed E-state index contributed by atoms with van der Waals surface area (Å²) in [6.07, 6.45) is 2.28. The molecule has 28 heavy (non-hydrogen) atoms. The molecule has 2 aromatic carbocycles. The van der Waals surface area contributed by atoms with Gasteiger partial charge in [-0.3, -0.25) is 4.57 Å². The van der Waals surface area contributed by atoms with Crippen molar-refractivity contribution in [3.63, 3.8) is 0 Å². The molecule has 1 saturated carbocycles. The number of halogens is 1. The fourth-order valence-electron chi connectivity index (χ4n) is 2.91. The van der Waals surface area contributed by atoms with Crippen molar-refractivity contribution in [3.05, 3.63) is 71.4 Å². The van der Waals surface area contributed by atoms with Crippen LogP contribution in [0.15, 0.2) is 64.2 Å². The summed E-state index contributed by atoms with van der Waals surface area (Å²) in [5, 5.41) is 18.6. The highest BCUT2D eigenvalue weighted by atomic mass is 35.5. The quantitative estimate of drug-likeness (QED) is 0.410. The standard InChI is InChI=1S/C20H16ClN5OS/c21-15-10-8-13(9-11-15)18-23-25-20(26(18)16-4-2-1-3-5-16)28-12-17-22-24-19(27-17)14-6-7-14/h1-5,8-11,14H,6-7,12H2. The SMILES string of the molecule is Clc1ccc(-c2nnc(SCc3nnc(C4CC4)o3)n2-c2ccccc2)cc1. The number of hydrogen-bond acceptors (Lipinski definition) is 6. The van der Waals surface area contributed by atoms with Gasteiger partial charge in [0.1, 0.15) is 0 Å². The van der Waals surface area contributed by atoms with Gasteiger partial charge in [0.2, 0.25) is 11.8 Å². The van der Waals surface area contributed by atoms with Crippen molar-refractivity contribution >= 4 is 23.4 Å². The minimum atomic E-state index is 0.454. The second kappa shape index (κ2) is 7.41. The van der Waals surface area contributed by atoms with Gasteiger partial charge in [0.05, 0.1) is 5.75 Å². The number of hydrogen-bond donors (Lipinski definition) is 0. The first-order chi connectivity index (χ1) is 13.8. The molecule has 0 N–H and O–H groups in total. The molecule has 0 unspecified atom stereocenters. The van der Waals surface area contributed by atoms with Crippen LogP contribution in [0.4, 0.5) is 0 Å². The maximum atomic E-state index is 6.04. The van der Waals surface area contributed by atoms with E-state index >= 15 is 0 Å². The first-order valence-corrected chi connectivity index (χ1v) is 10.4. The lowest BCUT2D eigenvalue weighted by Crippen LogP contribution is -1.99. The number of thioether (sulfide) groups is 1. The average molecular weight is 410 g/mol. The van der Waals surface area contributed by atoms with Crippen LogP contribution in [0, 0.1) is 0 Å². The molecule has 0 amide bonds. The van der Waals surface area contributed by atoms with E-state index in [0.717, 1.165) is 41.0 Å². The molecule has 2 heterocycles.